The van der Waals surface area contributed by atoms with Gasteiger partial charge in [-0.2, -0.15) is 10.5 Å². The van der Waals surface area contributed by atoms with Crippen LogP contribution in [0.4, 0.5) is 29.3 Å². The summed E-state index contributed by atoms with van der Waals surface area (Å²) in [5.41, 5.74) is 1.29. The lowest BCUT2D eigenvalue weighted by Crippen LogP contribution is -2.62. The average molecular weight is 490 g/mol. The zero-order valence-electron chi connectivity index (χ0n) is 18.6. The molecule has 0 aliphatic carbocycles. The standard InChI is InChI=1S/C26H17F3N4O3/c27-26(28,29)36-22-3-1-2-19(12-22)23-25(15-35-16-25)33(21-10-6-18(14-31)7-11-21)24(34)32(23)20-8-4-17(13-30)5-9-20/h1-12,23H,15-16H2. The second-order valence-corrected chi connectivity index (χ2v) is 8.42. The third kappa shape index (κ3) is 3.88. The molecule has 7 nitrogen and oxygen atoms in total. The molecule has 3 aromatic carbocycles. The number of nitriles is 2. The molecular weight excluding hydrogens is 473 g/mol. The molecule has 3 aromatic rings. The lowest BCUT2D eigenvalue weighted by molar-refractivity contribution is -0.274. The summed E-state index contributed by atoms with van der Waals surface area (Å²) in [4.78, 5) is 17.0. The highest BCUT2D eigenvalue weighted by atomic mass is 19.4. The van der Waals surface area contributed by atoms with Crippen LogP contribution < -0.4 is 14.5 Å². The fourth-order valence-corrected chi connectivity index (χ4v) is 4.72. The molecular formula is C26H17F3N4O3. The van der Waals surface area contributed by atoms with Gasteiger partial charge in [-0.1, -0.05) is 12.1 Å². The van der Waals surface area contributed by atoms with E-state index in [-0.39, 0.29) is 13.2 Å². The largest absolute Gasteiger partial charge is 0.573 e. The normalized spacial score (nSPS) is 18.5. The van der Waals surface area contributed by atoms with Gasteiger partial charge in [0.25, 0.3) is 0 Å². The molecule has 1 unspecified atom stereocenters. The Balaban J connectivity index is 1.66. The molecule has 2 saturated heterocycles. The zero-order valence-corrected chi connectivity index (χ0v) is 18.6. The summed E-state index contributed by atoms with van der Waals surface area (Å²) >= 11 is 0. The van der Waals surface area contributed by atoms with Gasteiger partial charge < -0.3 is 9.47 Å². The summed E-state index contributed by atoms with van der Waals surface area (Å²) in [6, 6.07) is 21.3. The fraction of sp³-hybridized carbons (Fsp3) is 0.192. The molecule has 1 spiro atoms. The second kappa shape index (κ2) is 8.59. The Morgan fingerprint density at radius 2 is 1.50 bits per heavy atom. The second-order valence-electron chi connectivity index (χ2n) is 8.42. The van der Waals surface area contributed by atoms with Gasteiger partial charge >= 0.3 is 12.4 Å². The van der Waals surface area contributed by atoms with E-state index in [4.69, 9.17) is 10.00 Å². The molecule has 1 atom stereocenters. The summed E-state index contributed by atoms with van der Waals surface area (Å²) < 4.78 is 48.5. The lowest BCUT2D eigenvalue weighted by Gasteiger charge is -2.47. The lowest BCUT2D eigenvalue weighted by atomic mass is 9.82. The van der Waals surface area contributed by atoms with Crippen LogP contribution in [0.1, 0.15) is 22.7 Å². The number of benzene rings is 3. The number of hydrogen-bond donors (Lipinski definition) is 0. The number of urea groups is 1. The molecule has 2 amide bonds. The van der Waals surface area contributed by atoms with Crippen LogP contribution in [0.5, 0.6) is 5.75 Å². The zero-order chi connectivity index (χ0) is 25.5. The number of ether oxygens (including phenoxy) is 2. The third-order valence-electron chi connectivity index (χ3n) is 6.25. The number of carbonyl (C=O) groups excluding carboxylic acids is 1. The van der Waals surface area contributed by atoms with Crippen LogP contribution in [0.2, 0.25) is 0 Å². The van der Waals surface area contributed by atoms with Crippen molar-refractivity contribution in [1.82, 2.24) is 0 Å². The number of hydrogen-bond acceptors (Lipinski definition) is 5. The van der Waals surface area contributed by atoms with Gasteiger partial charge in [-0.25, -0.2) is 4.79 Å². The van der Waals surface area contributed by atoms with Crippen molar-refractivity contribution in [1.29, 1.82) is 10.5 Å². The predicted octanol–water partition coefficient (Wildman–Crippen LogP) is 5.29. The van der Waals surface area contributed by atoms with Gasteiger partial charge in [0.1, 0.15) is 11.3 Å². The van der Waals surface area contributed by atoms with Crippen LogP contribution in [0.15, 0.2) is 72.8 Å². The van der Waals surface area contributed by atoms with Gasteiger partial charge in [0.05, 0.1) is 42.5 Å². The summed E-state index contributed by atoms with van der Waals surface area (Å²) in [7, 11) is 0. The number of carbonyl (C=O) groups is 1. The van der Waals surface area contributed by atoms with Crippen LogP contribution in [0.3, 0.4) is 0 Å². The minimum atomic E-state index is -4.87. The molecule has 0 bridgehead atoms. The number of anilines is 2. The van der Waals surface area contributed by atoms with E-state index < -0.39 is 29.7 Å². The van der Waals surface area contributed by atoms with Crippen molar-refractivity contribution in [3.63, 3.8) is 0 Å². The van der Waals surface area contributed by atoms with Gasteiger partial charge in [-0.3, -0.25) is 9.80 Å². The van der Waals surface area contributed by atoms with Gasteiger partial charge in [0.2, 0.25) is 0 Å². The van der Waals surface area contributed by atoms with Crippen LogP contribution in [0, 0.1) is 22.7 Å². The molecule has 2 aliphatic heterocycles. The summed E-state index contributed by atoms with van der Waals surface area (Å²) in [5.74, 6) is -0.403. The van der Waals surface area contributed by atoms with Crippen LogP contribution in [0.25, 0.3) is 0 Å². The molecule has 0 radical (unpaired) electrons. The van der Waals surface area contributed by atoms with Crippen molar-refractivity contribution >= 4 is 17.4 Å². The van der Waals surface area contributed by atoms with Gasteiger partial charge in [0, 0.05) is 11.4 Å². The molecule has 36 heavy (non-hydrogen) atoms. The minimum Gasteiger partial charge on any atom is -0.406 e. The molecule has 0 saturated carbocycles. The van der Waals surface area contributed by atoms with E-state index in [1.54, 1.807) is 59.5 Å². The highest BCUT2D eigenvalue weighted by Crippen LogP contribution is 2.51. The predicted molar refractivity (Wildman–Crippen MR) is 122 cm³/mol. The molecule has 2 aliphatic rings. The Morgan fingerprint density at radius 1 is 0.917 bits per heavy atom. The number of amides is 2. The summed E-state index contributed by atoms with van der Waals surface area (Å²) in [6.45, 7) is 0.279. The quantitative estimate of drug-likeness (QED) is 0.496. The summed E-state index contributed by atoms with van der Waals surface area (Å²) in [6.07, 6.45) is -4.87. The van der Waals surface area contributed by atoms with E-state index in [0.29, 0.717) is 28.1 Å². The molecule has 2 heterocycles. The van der Waals surface area contributed by atoms with Crippen molar-refractivity contribution < 1.29 is 27.4 Å². The van der Waals surface area contributed by atoms with Crippen molar-refractivity contribution in [3.8, 4) is 17.9 Å². The Bertz CT molecular complexity index is 1390. The Kier molecular flexibility index (Phi) is 5.54. The van der Waals surface area contributed by atoms with E-state index in [0.717, 1.165) is 0 Å². The first-order valence-corrected chi connectivity index (χ1v) is 10.8. The van der Waals surface area contributed by atoms with Crippen molar-refractivity contribution in [2.45, 2.75) is 17.9 Å². The molecule has 180 valence electrons. The average Bonchev–Trinajstić information content (AvgIpc) is 3.13. The van der Waals surface area contributed by atoms with Gasteiger partial charge in [-0.05, 0) is 66.2 Å². The monoisotopic (exact) mass is 490 g/mol. The van der Waals surface area contributed by atoms with E-state index in [9.17, 15) is 23.2 Å². The first-order valence-electron chi connectivity index (χ1n) is 10.8. The topological polar surface area (TPSA) is 89.6 Å². The number of rotatable bonds is 4. The number of halogens is 3. The fourth-order valence-electron chi connectivity index (χ4n) is 4.72. The highest BCUT2D eigenvalue weighted by Gasteiger charge is 2.63. The first kappa shape index (κ1) is 23.2. The van der Waals surface area contributed by atoms with Crippen LogP contribution >= 0.6 is 0 Å². The summed E-state index contributed by atoms with van der Waals surface area (Å²) in [5, 5.41) is 18.3. The highest BCUT2D eigenvalue weighted by molar-refractivity contribution is 6.09. The van der Waals surface area contributed by atoms with Crippen molar-refractivity contribution in [3.05, 3.63) is 89.5 Å². The molecule has 0 N–H and O–H groups in total. The number of alkyl halides is 3. The van der Waals surface area contributed by atoms with Crippen molar-refractivity contribution in [2.24, 2.45) is 0 Å². The van der Waals surface area contributed by atoms with Crippen LogP contribution in [-0.4, -0.2) is 31.1 Å². The Labute approximate surface area is 204 Å². The maximum Gasteiger partial charge on any atom is 0.573 e. The van der Waals surface area contributed by atoms with Crippen molar-refractivity contribution in [2.75, 3.05) is 23.0 Å². The van der Waals surface area contributed by atoms with E-state index >= 15 is 0 Å². The molecule has 2 fully saturated rings. The van der Waals surface area contributed by atoms with E-state index in [1.165, 1.54) is 23.1 Å². The van der Waals surface area contributed by atoms with E-state index in [2.05, 4.69) is 4.74 Å². The molecule has 5 rings (SSSR count). The maximum absolute atomic E-state index is 14.0. The molecule has 10 heteroatoms. The van der Waals surface area contributed by atoms with Crippen LogP contribution in [-0.2, 0) is 4.74 Å². The minimum absolute atomic E-state index is 0.139. The molecule has 0 aromatic heterocycles. The first-order chi connectivity index (χ1) is 17.3. The van der Waals surface area contributed by atoms with Gasteiger partial charge in [-0.15, -0.1) is 13.2 Å². The SMILES string of the molecule is N#Cc1ccc(N2C(=O)N(c3ccc(C#N)cc3)C3(COC3)C2c2cccc(OC(F)(F)F)c2)cc1. The Morgan fingerprint density at radius 3 is 2.00 bits per heavy atom. The third-order valence-corrected chi connectivity index (χ3v) is 6.25. The maximum atomic E-state index is 14.0. The number of nitrogens with zero attached hydrogens (tertiary/aromatic N) is 4. The van der Waals surface area contributed by atoms with Gasteiger partial charge in [0.15, 0.2) is 0 Å². The Hall–Kier alpha value is -4.54. The van der Waals surface area contributed by atoms with E-state index in [1.807, 2.05) is 12.1 Å². The smallest absolute Gasteiger partial charge is 0.406 e.